The van der Waals surface area contributed by atoms with E-state index in [0.29, 0.717) is 11.4 Å². The molecule has 0 saturated heterocycles. The van der Waals surface area contributed by atoms with Crippen LogP contribution in [0, 0.1) is 6.92 Å². The first kappa shape index (κ1) is 23.1. The van der Waals surface area contributed by atoms with Crippen LogP contribution in [-0.2, 0) is 14.8 Å². The second kappa shape index (κ2) is 10.2. The van der Waals surface area contributed by atoms with Gasteiger partial charge in [0.1, 0.15) is 11.5 Å². The molecule has 0 unspecified atom stereocenters. The maximum atomic E-state index is 12.6. The summed E-state index contributed by atoms with van der Waals surface area (Å²) in [6.45, 7) is 3.58. The molecule has 0 aliphatic heterocycles. The number of amides is 1. The number of anilines is 1. The van der Waals surface area contributed by atoms with Crippen molar-refractivity contribution in [2.24, 2.45) is 0 Å². The fourth-order valence-corrected chi connectivity index (χ4v) is 4.10. The van der Waals surface area contributed by atoms with Crippen LogP contribution >= 0.6 is 0 Å². The van der Waals surface area contributed by atoms with Crippen molar-refractivity contribution < 1.29 is 22.7 Å². The number of methoxy groups -OCH3 is 1. The molecule has 7 nitrogen and oxygen atoms in total. The Bertz CT molecular complexity index is 1160. The number of rotatable bonds is 9. The van der Waals surface area contributed by atoms with Crippen molar-refractivity contribution in [3.8, 4) is 11.5 Å². The molecule has 8 heteroatoms. The molecule has 0 radical (unpaired) electrons. The van der Waals surface area contributed by atoms with Crippen molar-refractivity contribution in [1.82, 2.24) is 5.32 Å². The number of aryl methyl sites for hydroxylation is 1. The molecule has 3 aromatic carbocycles. The first-order valence-electron chi connectivity index (χ1n) is 10.0. The van der Waals surface area contributed by atoms with Crippen molar-refractivity contribution in [2.75, 3.05) is 18.4 Å². The highest BCUT2D eigenvalue weighted by atomic mass is 32.2. The van der Waals surface area contributed by atoms with Crippen LogP contribution < -0.4 is 19.5 Å². The van der Waals surface area contributed by atoms with Gasteiger partial charge in [-0.1, -0.05) is 24.3 Å². The molecule has 0 aliphatic rings. The molecule has 0 aromatic heterocycles. The molecule has 32 heavy (non-hydrogen) atoms. The second-order valence-corrected chi connectivity index (χ2v) is 8.98. The van der Waals surface area contributed by atoms with E-state index in [1.165, 1.54) is 24.3 Å². The maximum Gasteiger partial charge on any atom is 0.261 e. The number of carbonyl (C=O) groups excluding carboxylic acids is 1. The van der Waals surface area contributed by atoms with Gasteiger partial charge in [-0.3, -0.25) is 9.52 Å². The molecule has 1 atom stereocenters. The minimum absolute atomic E-state index is 0.101. The van der Waals surface area contributed by atoms with E-state index in [2.05, 4.69) is 10.0 Å². The predicted molar refractivity (Wildman–Crippen MR) is 123 cm³/mol. The minimum atomic E-state index is -3.72. The Kier molecular flexibility index (Phi) is 7.37. The van der Waals surface area contributed by atoms with Gasteiger partial charge in [-0.05, 0) is 73.5 Å². The van der Waals surface area contributed by atoms with E-state index in [-0.39, 0.29) is 23.5 Å². The summed E-state index contributed by atoms with van der Waals surface area (Å²) in [5.41, 5.74) is 2.39. The molecule has 0 aliphatic carbocycles. The van der Waals surface area contributed by atoms with E-state index in [0.717, 1.165) is 16.9 Å². The Morgan fingerprint density at radius 3 is 2.25 bits per heavy atom. The van der Waals surface area contributed by atoms with E-state index in [1.54, 1.807) is 25.3 Å². The van der Waals surface area contributed by atoms with E-state index >= 15 is 0 Å². The highest BCUT2D eigenvalue weighted by Gasteiger charge is 2.15. The third kappa shape index (κ3) is 6.24. The Morgan fingerprint density at radius 1 is 0.969 bits per heavy atom. The number of sulfonamides is 1. The summed E-state index contributed by atoms with van der Waals surface area (Å²) >= 11 is 0. The summed E-state index contributed by atoms with van der Waals surface area (Å²) in [5.74, 6) is 0.855. The molecule has 2 N–H and O–H groups in total. The van der Waals surface area contributed by atoms with Crippen molar-refractivity contribution >= 4 is 21.6 Å². The van der Waals surface area contributed by atoms with E-state index < -0.39 is 10.0 Å². The fraction of sp³-hybridized carbons (Fsp3) is 0.208. The molecule has 0 bridgehead atoms. The van der Waals surface area contributed by atoms with Crippen LogP contribution in [0.4, 0.5) is 5.69 Å². The quantitative estimate of drug-likeness (QED) is 0.509. The topological polar surface area (TPSA) is 93.7 Å². The highest BCUT2D eigenvalue weighted by molar-refractivity contribution is 7.92. The van der Waals surface area contributed by atoms with Gasteiger partial charge in [0.15, 0.2) is 6.61 Å². The molecular formula is C24H26N2O5S. The summed E-state index contributed by atoms with van der Waals surface area (Å²) in [7, 11) is -2.13. The van der Waals surface area contributed by atoms with Gasteiger partial charge in [0.2, 0.25) is 0 Å². The summed E-state index contributed by atoms with van der Waals surface area (Å²) < 4.78 is 38.3. The largest absolute Gasteiger partial charge is 0.497 e. The van der Waals surface area contributed by atoms with Crippen LogP contribution in [0.15, 0.2) is 77.7 Å². The van der Waals surface area contributed by atoms with Gasteiger partial charge in [0.25, 0.3) is 15.9 Å². The lowest BCUT2D eigenvalue weighted by molar-refractivity contribution is -0.123. The van der Waals surface area contributed by atoms with E-state index in [9.17, 15) is 13.2 Å². The highest BCUT2D eigenvalue weighted by Crippen LogP contribution is 2.20. The number of hydrogen-bond acceptors (Lipinski definition) is 5. The van der Waals surface area contributed by atoms with Crippen LogP contribution in [0.2, 0.25) is 0 Å². The maximum absolute atomic E-state index is 12.6. The fourth-order valence-electron chi connectivity index (χ4n) is 3.05. The summed E-state index contributed by atoms with van der Waals surface area (Å²) in [6, 6.07) is 20.2. The normalized spacial score (nSPS) is 12.0. The van der Waals surface area contributed by atoms with Crippen molar-refractivity contribution in [1.29, 1.82) is 0 Å². The molecule has 0 heterocycles. The summed E-state index contributed by atoms with van der Waals surface area (Å²) in [5, 5.41) is 2.86. The smallest absolute Gasteiger partial charge is 0.261 e. The molecule has 168 valence electrons. The van der Waals surface area contributed by atoms with Crippen LogP contribution in [0.3, 0.4) is 0 Å². The Morgan fingerprint density at radius 2 is 1.62 bits per heavy atom. The summed E-state index contributed by atoms with van der Waals surface area (Å²) in [6.07, 6.45) is 0. The van der Waals surface area contributed by atoms with Crippen LogP contribution in [-0.4, -0.2) is 28.0 Å². The third-order valence-corrected chi connectivity index (χ3v) is 6.16. The lowest BCUT2D eigenvalue weighted by atomic mass is 10.1. The molecule has 0 fully saturated rings. The van der Waals surface area contributed by atoms with Gasteiger partial charge in [-0.25, -0.2) is 8.42 Å². The van der Waals surface area contributed by atoms with Crippen LogP contribution in [0.25, 0.3) is 0 Å². The van der Waals surface area contributed by atoms with Gasteiger partial charge in [0, 0.05) is 5.69 Å². The number of carbonyl (C=O) groups is 1. The third-order valence-electron chi connectivity index (χ3n) is 4.77. The van der Waals surface area contributed by atoms with Crippen molar-refractivity contribution in [2.45, 2.75) is 24.8 Å². The molecule has 3 rings (SSSR count). The Balaban J connectivity index is 1.54. The number of nitrogens with one attached hydrogen (secondary N) is 2. The lowest BCUT2D eigenvalue weighted by Gasteiger charge is -2.15. The first-order chi connectivity index (χ1) is 15.3. The zero-order valence-corrected chi connectivity index (χ0v) is 19.0. The van der Waals surface area contributed by atoms with Crippen molar-refractivity contribution in [3.05, 3.63) is 83.9 Å². The molecular weight excluding hydrogens is 428 g/mol. The first-order valence-corrected chi connectivity index (χ1v) is 11.5. The lowest BCUT2D eigenvalue weighted by Crippen LogP contribution is -2.31. The van der Waals surface area contributed by atoms with Gasteiger partial charge in [-0.15, -0.1) is 0 Å². The number of ether oxygens (including phenoxy) is 2. The van der Waals surface area contributed by atoms with Crippen LogP contribution in [0.1, 0.15) is 24.1 Å². The van der Waals surface area contributed by atoms with E-state index in [4.69, 9.17) is 9.47 Å². The Hall–Kier alpha value is -3.52. The van der Waals surface area contributed by atoms with Gasteiger partial charge >= 0.3 is 0 Å². The average molecular weight is 455 g/mol. The average Bonchev–Trinajstić information content (AvgIpc) is 2.77. The molecule has 0 saturated carbocycles. The summed E-state index contributed by atoms with van der Waals surface area (Å²) in [4.78, 5) is 12.3. The predicted octanol–water partition coefficient (Wildman–Crippen LogP) is 4.06. The molecule has 1 amide bonds. The monoisotopic (exact) mass is 454 g/mol. The SMILES string of the molecule is COc1ccc([C@H](C)NC(=O)COc2ccc(S(=O)(=O)Nc3cccc(C)c3)cc2)cc1. The van der Waals surface area contributed by atoms with Crippen LogP contribution in [0.5, 0.6) is 11.5 Å². The van der Waals surface area contributed by atoms with Gasteiger partial charge in [-0.2, -0.15) is 0 Å². The van der Waals surface area contributed by atoms with Gasteiger partial charge in [0.05, 0.1) is 18.0 Å². The van der Waals surface area contributed by atoms with E-state index in [1.807, 2.05) is 44.2 Å². The molecule has 0 spiro atoms. The van der Waals surface area contributed by atoms with Crippen molar-refractivity contribution in [3.63, 3.8) is 0 Å². The zero-order valence-electron chi connectivity index (χ0n) is 18.2. The molecule has 3 aromatic rings. The zero-order chi connectivity index (χ0) is 23.1. The minimum Gasteiger partial charge on any atom is -0.497 e. The standard InChI is InChI=1S/C24H26N2O5S/c1-17-5-4-6-20(15-17)26-32(28,29)23-13-11-22(12-14-23)31-16-24(27)25-18(2)19-7-9-21(30-3)10-8-19/h4-15,18,26H,16H2,1-3H3,(H,25,27)/t18-/m0/s1. The Labute approximate surface area is 188 Å². The number of hydrogen-bond donors (Lipinski definition) is 2. The number of benzene rings is 3. The second-order valence-electron chi connectivity index (χ2n) is 7.30. The van der Waals surface area contributed by atoms with Gasteiger partial charge < -0.3 is 14.8 Å².